The molecule has 0 aliphatic carbocycles. The number of rotatable bonds is 6. The van der Waals surface area contributed by atoms with Crippen molar-refractivity contribution < 1.29 is 4.79 Å². The van der Waals surface area contributed by atoms with Crippen molar-refractivity contribution in [1.29, 1.82) is 0 Å². The van der Waals surface area contributed by atoms with Crippen LogP contribution in [0.15, 0.2) is 53.0 Å². The molecule has 23 heavy (non-hydrogen) atoms. The summed E-state index contributed by atoms with van der Waals surface area (Å²) in [6, 6.07) is 13.8. The molecule has 118 valence electrons. The van der Waals surface area contributed by atoms with Gasteiger partial charge >= 0.3 is 0 Å². The standard InChI is InChI=1S/C15H15N5OS2/c1-20-15(17-18-19-20)23-10-13(21)16-14(12-8-5-9-22-12)11-6-3-2-4-7-11/h2-9,14H,10H2,1H3,(H,16,21)/t14-/m1/s1. The molecule has 2 aromatic heterocycles. The topological polar surface area (TPSA) is 72.7 Å². The van der Waals surface area contributed by atoms with E-state index in [0.29, 0.717) is 5.16 Å². The molecule has 1 aromatic carbocycles. The zero-order chi connectivity index (χ0) is 16.1. The van der Waals surface area contributed by atoms with Gasteiger partial charge in [-0.3, -0.25) is 4.79 Å². The number of aromatic nitrogens is 4. The van der Waals surface area contributed by atoms with Crippen molar-refractivity contribution in [2.75, 3.05) is 5.75 Å². The lowest BCUT2D eigenvalue weighted by molar-refractivity contribution is -0.119. The van der Waals surface area contributed by atoms with Crippen LogP contribution in [0.3, 0.4) is 0 Å². The van der Waals surface area contributed by atoms with Crippen LogP contribution in [0.2, 0.25) is 0 Å². The molecule has 1 atom stereocenters. The van der Waals surface area contributed by atoms with Crippen molar-refractivity contribution in [3.63, 3.8) is 0 Å². The number of carbonyl (C=O) groups is 1. The Hall–Kier alpha value is -2.19. The third-order valence-electron chi connectivity index (χ3n) is 3.18. The Bertz CT molecular complexity index is 757. The molecule has 6 nitrogen and oxygen atoms in total. The molecule has 8 heteroatoms. The van der Waals surface area contributed by atoms with Crippen molar-refractivity contribution in [3.05, 3.63) is 58.3 Å². The van der Waals surface area contributed by atoms with Gasteiger partial charge in [-0.1, -0.05) is 48.2 Å². The second-order valence-electron chi connectivity index (χ2n) is 4.80. The summed E-state index contributed by atoms with van der Waals surface area (Å²) in [6.07, 6.45) is 0. The maximum Gasteiger partial charge on any atom is 0.231 e. The maximum absolute atomic E-state index is 12.3. The number of hydrogen-bond donors (Lipinski definition) is 1. The molecular weight excluding hydrogens is 330 g/mol. The number of tetrazole rings is 1. The van der Waals surface area contributed by atoms with Gasteiger partial charge in [0.15, 0.2) is 0 Å². The van der Waals surface area contributed by atoms with Crippen LogP contribution in [0.4, 0.5) is 0 Å². The normalized spacial score (nSPS) is 12.0. The summed E-state index contributed by atoms with van der Waals surface area (Å²) < 4.78 is 1.55. The van der Waals surface area contributed by atoms with E-state index in [1.165, 1.54) is 11.8 Å². The molecular formula is C15H15N5OS2. The van der Waals surface area contributed by atoms with Gasteiger partial charge < -0.3 is 5.32 Å². The van der Waals surface area contributed by atoms with Crippen molar-refractivity contribution >= 4 is 29.0 Å². The first-order valence-corrected chi connectivity index (χ1v) is 8.83. The molecule has 0 saturated carbocycles. The fraction of sp³-hybridized carbons (Fsp3) is 0.200. The lowest BCUT2D eigenvalue weighted by Crippen LogP contribution is -2.30. The largest absolute Gasteiger partial charge is 0.344 e. The zero-order valence-corrected chi connectivity index (χ0v) is 14.0. The highest BCUT2D eigenvalue weighted by molar-refractivity contribution is 7.99. The highest BCUT2D eigenvalue weighted by Crippen LogP contribution is 2.26. The van der Waals surface area contributed by atoms with Crippen molar-refractivity contribution in [3.8, 4) is 0 Å². The second-order valence-corrected chi connectivity index (χ2v) is 6.72. The van der Waals surface area contributed by atoms with Crippen molar-refractivity contribution in [2.45, 2.75) is 11.2 Å². The van der Waals surface area contributed by atoms with Crippen molar-refractivity contribution in [1.82, 2.24) is 25.5 Å². The number of carbonyl (C=O) groups excluding carboxylic acids is 1. The van der Waals surface area contributed by atoms with Crippen LogP contribution >= 0.6 is 23.1 Å². The Morgan fingerprint density at radius 3 is 2.78 bits per heavy atom. The fourth-order valence-electron chi connectivity index (χ4n) is 2.10. The summed E-state index contributed by atoms with van der Waals surface area (Å²) in [5, 5.41) is 16.9. The predicted molar refractivity (Wildman–Crippen MR) is 90.3 cm³/mol. The minimum Gasteiger partial charge on any atom is -0.344 e. The van der Waals surface area contributed by atoms with E-state index in [2.05, 4.69) is 20.8 Å². The molecule has 1 N–H and O–H groups in total. The third-order valence-corrected chi connectivity index (χ3v) is 5.13. The minimum atomic E-state index is -0.137. The Morgan fingerprint density at radius 1 is 1.30 bits per heavy atom. The number of thioether (sulfide) groups is 1. The van der Waals surface area contributed by atoms with E-state index in [1.54, 1.807) is 23.1 Å². The fourth-order valence-corrected chi connectivity index (χ4v) is 3.56. The third kappa shape index (κ3) is 3.96. The van der Waals surface area contributed by atoms with Crippen LogP contribution in [0.5, 0.6) is 0 Å². The summed E-state index contributed by atoms with van der Waals surface area (Å²) in [6.45, 7) is 0. The summed E-state index contributed by atoms with van der Waals surface area (Å²) in [5.41, 5.74) is 1.06. The summed E-state index contributed by atoms with van der Waals surface area (Å²) in [4.78, 5) is 13.4. The van der Waals surface area contributed by atoms with E-state index in [1.807, 2.05) is 47.8 Å². The van der Waals surface area contributed by atoms with Gasteiger partial charge in [0.1, 0.15) is 0 Å². The Balaban J connectivity index is 1.69. The molecule has 0 spiro atoms. The van der Waals surface area contributed by atoms with Crippen LogP contribution in [0, 0.1) is 0 Å². The molecule has 3 aromatic rings. The molecule has 3 rings (SSSR count). The molecule has 0 saturated heterocycles. The minimum absolute atomic E-state index is 0.0553. The number of nitrogens with one attached hydrogen (secondary N) is 1. The number of nitrogens with zero attached hydrogens (tertiary/aromatic N) is 4. The average Bonchev–Trinajstić information content (AvgIpc) is 3.23. The molecule has 1 amide bonds. The van der Waals surface area contributed by atoms with Crippen molar-refractivity contribution in [2.24, 2.45) is 7.05 Å². The number of aryl methyl sites for hydroxylation is 1. The molecule has 0 bridgehead atoms. The van der Waals surface area contributed by atoms with Gasteiger partial charge in [0.2, 0.25) is 11.1 Å². The molecule has 0 aliphatic rings. The van der Waals surface area contributed by atoms with Crippen LogP contribution < -0.4 is 5.32 Å². The van der Waals surface area contributed by atoms with Gasteiger partial charge in [0, 0.05) is 11.9 Å². The van der Waals surface area contributed by atoms with E-state index in [-0.39, 0.29) is 17.7 Å². The first-order valence-electron chi connectivity index (χ1n) is 6.97. The Morgan fingerprint density at radius 2 is 2.13 bits per heavy atom. The van der Waals surface area contributed by atoms with Gasteiger partial charge in [0.25, 0.3) is 0 Å². The quantitative estimate of drug-likeness (QED) is 0.694. The SMILES string of the molecule is Cn1nnnc1SCC(=O)N[C@H](c1ccccc1)c1cccs1. The zero-order valence-electron chi connectivity index (χ0n) is 12.4. The van der Waals surface area contributed by atoms with Gasteiger partial charge in [-0.2, -0.15) is 0 Å². The summed E-state index contributed by atoms with van der Waals surface area (Å²) in [7, 11) is 1.75. The lowest BCUT2D eigenvalue weighted by atomic mass is 10.1. The lowest BCUT2D eigenvalue weighted by Gasteiger charge is -2.18. The maximum atomic E-state index is 12.3. The van der Waals surface area contributed by atoms with E-state index >= 15 is 0 Å². The molecule has 0 fully saturated rings. The van der Waals surface area contributed by atoms with Crippen LogP contribution in [-0.2, 0) is 11.8 Å². The first kappa shape index (κ1) is 15.7. The number of benzene rings is 1. The molecule has 0 unspecified atom stereocenters. The van der Waals surface area contributed by atoms with Crippen LogP contribution in [0.1, 0.15) is 16.5 Å². The Kier molecular flexibility index (Phi) is 5.04. The van der Waals surface area contributed by atoms with E-state index in [4.69, 9.17) is 0 Å². The van der Waals surface area contributed by atoms with Crippen LogP contribution in [-0.4, -0.2) is 31.9 Å². The number of amides is 1. The number of hydrogen-bond acceptors (Lipinski definition) is 6. The van der Waals surface area contributed by atoms with Gasteiger partial charge in [-0.05, 0) is 27.4 Å². The second kappa shape index (κ2) is 7.38. The van der Waals surface area contributed by atoms with Gasteiger partial charge in [0.05, 0.1) is 11.8 Å². The average molecular weight is 345 g/mol. The van der Waals surface area contributed by atoms with E-state index < -0.39 is 0 Å². The smallest absolute Gasteiger partial charge is 0.231 e. The predicted octanol–water partition coefficient (Wildman–Crippen LogP) is 2.27. The molecule has 2 heterocycles. The van der Waals surface area contributed by atoms with Crippen LogP contribution in [0.25, 0.3) is 0 Å². The van der Waals surface area contributed by atoms with Gasteiger partial charge in [-0.25, -0.2) is 4.68 Å². The first-order chi connectivity index (χ1) is 11.2. The molecule has 0 aliphatic heterocycles. The number of thiophene rings is 1. The van der Waals surface area contributed by atoms with Gasteiger partial charge in [-0.15, -0.1) is 16.4 Å². The highest BCUT2D eigenvalue weighted by atomic mass is 32.2. The highest BCUT2D eigenvalue weighted by Gasteiger charge is 2.18. The summed E-state index contributed by atoms with van der Waals surface area (Å²) >= 11 is 2.94. The summed E-state index contributed by atoms with van der Waals surface area (Å²) in [5.74, 6) is 0.211. The van der Waals surface area contributed by atoms with E-state index in [0.717, 1.165) is 10.4 Å². The monoisotopic (exact) mass is 345 g/mol. The van der Waals surface area contributed by atoms with E-state index in [9.17, 15) is 4.79 Å². The molecule has 0 radical (unpaired) electrons. The Labute approximate surface area is 141 Å².